The minimum absolute atomic E-state index is 0.250. The van der Waals surface area contributed by atoms with Crippen molar-refractivity contribution >= 4 is 39.1 Å². The summed E-state index contributed by atoms with van der Waals surface area (Å²) in [7, 11) is 0. The number of rotatable bonds is 3. The molecule has 1 aromatic heterocycles. The molecule has 1 N–H and O–H groups in total. The number of nitrogens with zero attached hydrogens (tertiary/aromatic N) is 1. The molecule has 18 heavy (non-hydrogen) atoms. The number of para-hydroxylation sites is 1. The predicted molar refractivity (Wildman–Crippen MR) is 76.3 cm³/mol. The number of pyridine rings is 1. The summed E-state index contributed by atoms with van der Waals surface area (Å²) < 4.78 is 0. The molecule has 0 atom stereocenters. The average molecular weight is 326 g/mol. The van der Waals surface area contributed by atoms with Crippen LogP contribution in [-0.4, -0.2) is 10.9 Å². The molecular weight excluding hydrogens is 316 g/mol. The van der Waals surface area contributed by atoms with Gasteiger partial charge in [-0.3, -0.25) is 4.79 Å². The Hall–Kier alpha value is -1.39. The van der Waals surface area contributed by atoms with E-state index >= 15 is 0 Å². The van der Waals surface area contributed by atoms with Gasteiger partial charge in [-0.2, -0.15) is 0 Å². The van der Waals surface area contributed by atoms with Crippen LogP contribution in [0, 0.1) is 0 Å². The van der Waals surface area contributed by atoms with Crippen LogP contribution in [0.3, 0.4) is 0 Å². The van der Waals surface area contributed by atoms with Gasteiger partial charge in [0, 0.05) is 17.2 Å². The fourth-order valence-corrected chi connectivity index (χ4v) is 2.06. The number of aromatic nitrogens is 1. The number of hydrogen-bond acceptors (Lipinski definition) is 2. The normalized spacial score (nSPS) is 10.1. The second-order valence-corrected chi connectivity index (χ2v) is 4.60. The minimum Gasteiger partial charge on any atom is -0.320 e. The highest BCUT2D eigenvalue weighted by atomic mass is 79.9. The molecule has 92 valence electrons. The third-order valence-corrected chi connectivity index (χ3v) is 3.20. The summed E-state index contributed by atoms with van der Waals surface area (Å²) in [5, 5.41) is 4.01. The Balaban J connectivity index is 2.18. The van der Waals surface area contributed by atoms with E-state index in [1.807, 2.05) is 24.3 Å². The molecule has 0 saturated carbocycles. The lowest BCUT2D eigenvalue weighted by atomic mass is 10.2. The molecule has 0 aliphatic rings. The SMILES string of the molecule is O=C(Nc1ccccc1CBr)c1ccc(Cl)cn1. The van der Waals surface area contributed by atoms with Gasteiger partial charge in [0.05, 0.1) is 5.02 Å². The molecule has 2 aromatic rings. The van der Waals surface area contributed by atoms with Crippen molar-refractivity contribution in [3.05, 3.63) is 58.9 Å². The summed E-state index contributed by atoms with van der Waals surface area (Å²) in [5.41, 5.74) is 2.12. The van der Waals surface area contributed by atoms with E-state index < -0.39 is 0 Å². The summed E-state index contributed by atoms with van der Waals surface area (Å²) in [6.45, 7) is 0. The number of alkyl halides is 1. The topological polar surface area (TPSA) is 42.0 Å². The van der Waals surface area contributed by atoms with Gasteiger partial charge in [-0.1, -0.05) is 45.7 Å². The maximum atomic E-state index is 12.0. The number of benzene rings is 1. The highest BCUT2D eigenvalue weighted by Crippen LogP contribution is 2.18. The molecule has 0 aliphatic carbocycles. The van der Waals surface area contributed by atoms with Crippen LogP contribution in [0.25, 0.3) is 0 Å². The molecule has 1 aromatic carbocycles. The van der Waals surface area contributed by atoms with E-state index in [1.165, 1.54) is 6.20 Å². The minimum atomic E-state index is -0.250. The molecule has 1 heterocycles. The van der Waals surface area contributed by atoms with Gasteiger partial charge in [-0.15, -0.1) is 0 Å². The first kappa shape index (κ1) is 13.1. The van der Waals surface area contributed by atoms with Crippen LogP contribution in [0.2, 0.25) is 5.02 Å². The lowest BCUT2D eigenvalue weighted by Gasteiger charge is -2.08. The van der Waals surface area contributed by atoms with Crippen LogP contribution in [-0.2, 0) is 5.33 Å². The molecule has 5 heteroatoms. The first-order chi connectivity index (χ1) is 8.70. The van der Waals surface area contributed by atoms with Crippen LogP contribution in [0.4, 0.5) is 5.69 Å². The van der Waals surface area contributed by atoms with Crippen molar-refractivity contribution < 1.29 is 4.79 Å². The summed E-state index contributed by atoms with van der Waals surface area (Å²) >= 11 is 9.10. The van der Waals surface area contributed by atoms with Gasteiger partial charge in [0.2, 0.25) is 0 Å². The van der Waals surface area contributed by atoms with Crippen molar-refractivity contribution in [2.75, 3.05) is 5.32 Å². The molecule has 0 radical (unpaired) electrons. The van der Waals surface area contributed by atoms with Gasteiger partial charge in [-0.25, -0.2) is 4.98 Å². The number of halogens is 2. The average Bonchev–Trinajstić information content (AvgIpc) is 2.40. The van der Waals surface area contributed by atoms with Crippen molar-refractivity contribution in [1.29, 1.82) is 0 Å². The second kappa shape index (κ2) is 5.98. The summed E-state index contributed by atoms with van der Waals surface area (Å²) in [5.74, 6) is -0.250. The van der Waals surface area contributed by atoms with Gasteiger partial charge < -0.3 is 5.32 Å². The number of carbonyl (C=O) groups is 1. The summed E-state index contributed by atoms with van der Waals surface area (Å²) in [4.78, 5) is 15.9. The Kier molecular flexibility index (Phi) is 4.33. The standard InChI is InChI=1S/C13H10BrClN2O/c14-7-9-3-1-2-4-11(9)17-13(18)12-6-5-10(15)8-16-12/h1-6,8H,7H2,(H,17,18). The maximum absolute atomic E-state index is 12.0. The van der Waals surface area contributed by atoms with Gasteiger partial charge in [0.25, 0.3) is 5.91 Å². The van der Waals surface area contributed by atoms with Crippen molar-refractivity contribution in [3.63, 3.8) is 0 Å². The highest BCUT2D eigenvalue weighted by molar-refractivity contribution is 9.08. The molecule has 2 rings (SSSR count). The second-order valence-electron chi connectivity index (χ2n) is 3.61. The van der Waals surface area contributed by atoms with E-state index in [2.05, 4.69) is 26.2 Å². The van der Waals surface area contributed by atoms with E-state index in [4.69, 9.17) is 11.6 Å². The van der Waals surface area contributed by atoms with E-state index in [9.17, 15) is 4.79 Å². The van der Waals surface area contributed by atoms with Gasteiger partial charge >= 0.3 is 0 Å². The third-order valence-electron chi connectivity index (χ3n) is 2.37. The number of carbonyl (C=O) groups excluding carboxylic acids is 1. The Labute approximate surface area is 118 Å². The lowest BCUT2D eigenvalue weighted by Crippen LogP contribution is -2.14. The van der Waals surface area contributed by atoms with E-state index in [-0.39, 0.29) is 5.91 Å². The van der Waals surface area contributed by atoms with Crippen LogP contribution in [0.1, 0.15) is 16.1 Å². The fraction of sp³-hybridized carbons (Fsp3) is 0.0769. The highest BCUT2D eigenvalue weighted by Gasteiger charge is 2.09. The predicted octanol–water partition coefficient (Wildman–Crippen LogP) is 3.88. The zero-order valence-electron chi connectivity index (χ0n) is 9.36. The molecule has 0 spiro atoms. The summed E-state index contributed by atoms with van der Waals surface area (Å²) in [6, 6.07) is 10.8. The molecule has 3 nitrogen and oxygen atoms in total. The van der Waals surface area contributed by atoms with Crippen LogP contribution < -0.4 is 5.32 Å². The van der Waals surface area contributed by atoms with Crippen LogP contribution in [0.15, 0.2) is 42.6 Å². The Morgan fingerprint density at radius 2 is 2.06 bits per heavy atom. The molecule has 0 unspecified atom stereocenters. The first-order valence-corrected chi connectivity index (χ1v) is 6.77. The number of anilines is 1. The number of amides is 1. The summed E-state index contributed by atoms with van der Waals surface area (Å²) in [6.07, 6.45) is 1.45. The smallest absolute Gasteiger partial charge is 0.274 e. The number of hydrogen-bond donors (Lipinski definition) is 1. The van der Waals surface area contributed by atoms with Crippen molar-refractivity contribution in [2.24, 2.45) is 0 Å². The molecule has 0 bridgehead atoms. The van der Waals surface area contributed by atoms with Gasteiger partial charge in [0.15, 0.2) is 0 Å². The zero-order valence-corrected chi connectivity index (χ0v) is 11.7. The van der Waals surface area contributed by atoms with Crippen LogP contribution in [0.5, 0.6) is 0 Å². The molecule has 1 amide bonds. The maximum Gasteiger partial charge on any atom is 0.274 e. The third kappa shape index (κ3) is 3.09. The van der Waals surface area contributed by atoms with Gasteiger partial charge in [0.1, 0.15) is 5.69 Å². The number of nitrogens with one attached hydrogen (secondary N) is 1. The van der Waals surface area contributed by atoms with Crippen molar-refractivity contribution in [2.45, 2.75) is 5.33 Å². The largest absolute Gasteiger partial charge is 0.320 e. The zero-order chi connectivity index (χ0) is 13.0. The molecular formula is C13H10BrClN2O. The Morgan fingerprint density at radius 1 is 1.28 bits per heavy atom. The van der Waals surface area contributed by atoms with E-state index in [1.54, 1.807) is 12.1 Å². The van der Waals surface area contributed by atoms with Crippen LogP contribution >= 0.6 is 27.5 Å². The fourth-order valence-electron chi connectivity index (χ4n) is 1.46. The van der Waals surface area contributed by atoms with Gasteiger partial charge in [-0.05, 0) is 23.8 Å². The first-order valence-electron chi connectivity index (χ1n) is 5.27. The quantitative estimate of drug-likeness (QED) is 0.870. The molecule has 0 fully saturated rings. The molecule has 0 saturated heterocycles. The Morgan fingerprint density at radius 3 is 2.72 bits per heavy atom. The Bertz CT molecular complexity index is 557. The van der Waals surface area contributed by atoms with E-state index in [0.717, 1.165) is 11.3 Å². The molecule has 0 aliphatic heterocycles. The van der Waals surface area contributed by atoms with E-state index in [0.29, 0.717) is 16.0 Å². The lowest BCUT2D eigenvalue weighted by molar-refractivity contribution is 0.102. The monoisotopic (exact) mass is 324 g/mol. The van der Waals surface area contributed by atoms with Crippen molar-refractivity contribution in [3.8, 4) is 0 Å². The van der Waals surface area contributed by atoms with Crippen molar-refractivity contribution in [1.82, 2.24) is 4.98 Å².